The summed E-state index contributed by atoms with van der Waals surface area (Å²) in [6.45, 7) is 6.81. The van der Waals surface area contributed by atoms with Crippen molar-refractivity contribution in [1.29, 1.82) is 0 Å². The number of Topliss-reactive ketones (excluding diaryl/α,β-unsaturated/α-hetero) is 1. The molecule has 5 saturated carbocycles. The molecule has 0 aromatic carbocycles. The van der Waals surface area contributed by atoms with Crippen LogP contribution in [0.25, 0.3) is 0 Å². The van der Waals surface area contributed by atoms with Crippen LogP contribution in [0.5, 0.6) is 0 Å². The van der Waals surface area contributed by atoms with Gasteiger partial charge in [0, 0.05) is 5.92 Å². The van der Waals surface area contributed by atoms with E-state index in [1.54, 1.807) is 0 Å². The molecule has 5 aliphatic rings. The second-order valence-corrected chi connectivity index (χ2v) is 10.6. The summed E-state index contributed by atoms with van der Waals surface area (Å²) in [6, 6.07) is 0. The van der Waals surface area contributed by atoms with Crippen LogP contribution < -0.4 is 0 Å². The third kappa shape index (κ3) is 2.02. The Morgan fingerprint density at radius 2 is 1.71 bits per heavy atom. The van der Waals surface area contributed by atoms with Crippen LogP contribution in [-0.4, -0.2) is 5.78 Å². The maximum atomic E-state index is 12.4. The summed E-state index contributed by atoms with van der Waals surface area (Å²) < 4.78 is 0. The molecule has 5 fully saturated rings. The van der Waals surface area contributed by atoms with Gasteiger partial charge in [0.25, 0.3) is 0 Å². The number of ketones is 1. The second kappa shape index (κ2) is 5.34. The minimum Gasteiger partial charge on any atom is -0.300 e. The van der Waals surface area contributed by atoms with Gasteiger partial charge >= 0.3 is 0 Å². The van der Waals surface area contributed by atoms with Crippen LogP contribution in [0, 0.1) is 58.7 Å². The summed E-state index contributed by atoms with van der Waals surface area (Å²) in [5, 5.41) is 0. The SMILES string of the molecule is CCC1CCC2C(CCC3C2CCC2(C)C(C(C)=O)C4CC4C32)C1. The van der Waals surface area contributed by atoms with E-state index in [-0.39, 0.29) is 0 Å². The number of carbonyl (C=O) groups is 1. The topological polar surface area (TPSA) is 17.1 Å². The molecule has 0 radical (unpaired) electrons. The highest BCUT2D eigenvalue weighted by Crippen LogP contribution is 2.74. The molecule has 0 N–H and O–H groups in total. The fourth-order valence-electron chi connectivity index (χ4n) is 9.05. The first-order valence-corrected chi connectivity index (χ1v) is 11.0. The largest absolute Gasteiger partial charge is 0.300 e. The zero-order valence-electron chi connectivity index (χ0n) is 16.0. The molecular formula is C23H36O. The van der Waals surface area contributed by atoms with Crippen molar-refractivity contribution in [2.45, 2.75) is 78.6 Å². The Hall–Kier alpha value is -0.330. The number of hydrogen-bond acceptors (Lipinski definition) is 1. The number of carbonyl (C=O) groups excluding carboxylic acids is 1. The lowest BCUT2D eigenvalue weighted by Gasteiger charge is -2.57. The molecule has 5 aliphatic carbocycles. The summed E-state index contributed by atoms with van der Waals surface area (Å²) in [7, 11) is 0. The Kier molecular flexibility index (Phi) is 3.53. The van der Waals surface area contributed by atoms with Crippen LogP contribution in [0.1, 0.15) is 78.6 Å². The third-order valence-electron chi connectivity index (χ3n) is 9.87. The van der Waals surface area contributed by atoms with Crippen molar-refractivity contribution in [2.75, 3.05) is 0 Å². The number of hydrogen-bond donors (Lipinski definition) is 0. The summed E-state index contributed by atoms with van der Waals surface area (Å²) in [5.74, 6) is 8.67. The highest BCUT2D eigenvalue weighted by atomic mass is 16.1. The molecule has 5 rings (SSSR count). The van der Waals surface area contributed by atoms with Gasteiger partial charge in [0.15, 0.2) is 0 Å². The lowest BCUT2D eigenvalue weighted by atomic mass is 9.48. The Balaban J connectivity index is 1.41. The zero-order valence-corrected chi connectivity index (χ0v) is 16.0. The van der Waals surface area contributed by atoms with E-state index in [2.05, 4.69) is 13.8 Å². The Bertz CT molecular complexity index is 538. The van der Waals surface area contributed by atoms with Crippen LogP contribution in [-0.2, 0) is 4.79 Å². The third-order valence-corrected chi connectivity index (χ3v) is 9.87. The normalized spacial score (nSPS) is 58.2. The highest BCUT2D eigenvalue weighted by Gasteiger charge is 2.70. The Morgan fingerprint density at radius 3 is 2.46 bits per heavy atom. The van der Waals surface area contributed by atoms with Crippen molar-refractivity contribution in [3.63, 3.8) is 0 Å². The van der Waals surface area contributed by atoms with Gasteiger partial charge in [-0.1, -0.05) is 26.7 Å². The molecule has 134 valence electrons. The van der Waals surface area contributed by atoms with E-state index in [1.165, 1.54) is 57.8 Å². The molecule has 0 amide bonds. The van der Waals surface area contributed by atoms with Crippen LogP contribution in [0.15, 0.2) is 0 Å². The van der Waals surface area contributed by atoms with Crippen molar-refractivity contribution in [3.8, 4) is 0 Å². The van der Waals surface area contributed by atoms with E-state index < -0.39 is 0 Å². The van der Waals surface area contributed by atoms with E-state index in [0.29, 0.717) is 17.1 Å². The lowest BCUT2D eigenvalue weighted by molar-refractivity contribution is -0.131. The van der Waals surface area contributed by atoms with Crippen molar-refractivity contribution in [1.82, 2.24) is 0 Å². The van der Waals surface area contributed by atoms with E-state index in [1.807, 2.05) is 6.92 Å². The Morgan fingerprint density at radius 1 is 0.917 bits per heavy atom. The predicted molar refractivity (Wildman–Crippen MR) is 97.4 cm³/mol. The van der Waals surface area contributed by atoms with E-state index >= 15 is 0 Å². The average molecular weight is 329 g/mol. The molecule has 0 bridgehead atoms. The maximum absolute atomic E-state index is 12.4. The summed E-state index contributed by atoms with van der Waals surface area (Å²) in [5.41, 5.74) is 0.369. The van der Waals surface area contributed by atoms with Gasteiger partial charge in [-0.05, 0) is 105 Å². The molecule has 0 aliphatic heterocycles. The molecule has 10 atom stereocenters. The highest BCUT2D eigenvalue weighted by molar-refractivity contribution is 5.80. The van der Waals surface area contributed by atoms with Crippen molar-refractivity contribution < 1.29 is 4.79 Å². The van der Waals surface area contributed by atoms with Gasteiger partial charge in [-0.3, -0.25) is 4.79 Å². The van der Waals surface area contributed by atoms with Gasteiger partial charge in [-0.2, -0.15) is 0 Å². The smallest absolute Gasteiger partial charge is 0.133 e. The summed E-state index contributed by atoms with van der Waals surface area (Å²) in [6.07, 6.45) is 13.2. The van der Waals surface area contributed by atoms with Gasteiger partial charge in [0.2, 0.25) is 0 Å². The van der Waals surface area contributed by atoms with E-state index in [9.17, 15) is 4.79 Å². The number of fused-ring (bicyclic) bond motifs is 7. The van der Waals surface area contributed by atoms with E-state index in [0.717, 1.165) is 47.3 Å². The van der Waals surface area contributed by atoms with Gasteiger partial charge in [-0.25, -0.2) is 0 Å². The fourth-order valence-corrected chi connectivity index (χ4v) is 9.05. The first-order valence-electron chi connectivity index (χ1n) is 11.0. The Labute approximate surface area is 148 Å². The van der Waals surface area contributed by atoms with Crippen LogP contribution in [0.2, 0.25) is 0 Å². The van der Waals surface area contributed by atoms with Gasteiger partial charge < -0.3 is 0 Å². The van der Waals surface area contributed by atoms with Crippen LogP contribution >= 0.6 is 0 Å². The second-order valence-electron chi connectivity index (χ2n) is 10.6. The first kappa shape index (κ1) is 15.9. The molecule has 0 saturated heterocycles. The molecular weight excluding hydrogens is 292 g/mol. The monoisotopic (exact) mass is 328 g/mol. The molecule has 24 heavy (non-hydrogen) atoms. The minimum absolute atomic E-state index is 0.369. The van der Waals surface area contributed by atoms with Gasteiger partial charge in [-0.15, -0.1) is 0 Å². The molecule has 1 nitrogen and oxygen atoms in total. The van der Waals surface area contributed by atoms with Gasteiger partial charge in [0.1, 0.15) is 5.78 Å². The number of rotatable bonds is 2. The fraction of sp³-hybridized carbons (Fsp3) is 0.957. The maximum Gasteiger partial charge on any atom is 0.133 e. The quantitative estimate of drug-likeness (QED) is 0.633. The van der Waals surface area contributed by atoms with E-state index in [4.69, 9.17) is 0 Å². The van der Waals surface area contributed by atoms with Crippen molar-refractivity contribution >= 4 is 5.78 Å². The first-order chi connectivity index (χ1) is 11.5. The molecule has 0 aromatic heterocycles. The summed E-state index contributed by atoms with van der Waals surface area (Å²) >= 11 is 0. The standard InChI is InChI=1S/C23H36O/c1-4-14-5-7-16-15(11-14)6-8-18-17(16)9-10-23(3)21(13(2)24)19-12-20(19)22(18)23/h14-22H,4-12H2,1-3H3. The summed E-state index contributed by atoms with van der Waals surface area (Å²) in [4.78, 5) is 12.4. The minimum atomic E-state index is 0.369. The lowest BCUT2D eigenvalue weighted by Crippen LogP contribution is -2.50. The molecule has 10 unspecified atom stereocenters. The van der Waals surface area contributed by atoms with Crippen molar-refractivity contribution in [3.05, 3.63) is 0 Å². The van der Waals surface area contributed by atoms with Crippen molar-refractivity contribution in [2.24, 2.45) is 58.7 Å². The van der Waals surface area contributed by atoms with Gasteiger partial charge in [0.05, 0.1) is 0 Å². The van der Waals surface area contributed by atoms with Crippen LogP contribution in [0.3, 0.4) is 0 Å². The zero-order chi connectivity index (χ0) is 16.6. The molecule has 0 heterocycles. The molecule has 0 aromatic rings. The average Bonchev–Trinajstić information content (AvgIpc) is 3.27. The van der Waals surface area contributed by atoms with Crippen LogP contribution in [0.4, 0.5) is 0 Å². The molecule has 1 heteroatoms. The predicted octanol–water partition coefficient (Wildman–Crippen LogP) is 5.73. The molecule has 0 spiro atoms.